The second kappa shape index (κ2) is 15.9. The Kier molecular flexibility index (Phi) is 9.14. The van der Waals surface area contributed by atoms with E-state index in [0.29, 0.717) is 17.5 Å². The highest BCUT2D eigenvalue weighted by Crippen LogP contribution is 2.41. The minimum atomic E-state index is 0.611. The largest absolute Gasteiger partial charge is 0.309 e. The number of benzene rings is 11. The van der Waals surface area contributed by atoms with Gasteiger partial charge in [0.2, 0.25) is 0 Å². The molecule has 2 aromatic heterocycles. The quantitative estimate of drug-likeness (QED) is 0.118. The third-order valence-electron chi connectivity index (χ3n) is 13.2. The summed E-state index contributed by atoms with van der Waals surface area (Å²) >= 11 is 0. The molecular formula is C63H40N4. The minimum Gasteiger partial charge on any atom is -0.309 e. The summed E-state index contributed by atoms with van der Waals surface area (Å²) in [5, 5.41) is 9.86. The van der Waals surface area contributed by atoms with Crippen LogP contribution in [0.4, 0.5) is 0 Å². The molecule has 0 bridgehead atoms. The first-order chi connectivity index (χ1) is 33.2. The Morgan fingerprint density at radius 2 is 0.806 bits per heavy atom. The fourth-order valence-corrected chi connectivity index (χ4v) is 10.1. The number of hydrogen-bond donors (Lipinski definition) is 0. The van der Waals surface area contributed by atoms with Crippen molar-refractivity contribution in [2.24, 2.45) is 0 Å². The lowest BCUT2D eigenvalue weighted by Gasteiger charge is -2.15. The van der Waals surface area contributed by atoms with Crippen LogP contribution in [0.3, 0.4) is 0 Å². The maximum atomic E-state index is 5.28. The van der Waals surface area contributed by atoms with Crippen LogP contribution in [0.2, 0.25) is 0 Å². The predicted octanol–water partition coefficient (Wildman–Crippen LogP) is 16.4. The zero-order valence-corrected chi connectivity index (χ0v) is 36.4. The molecule has 4 nitrogen and oxygen atoms in total. The van der Waals surface area contributed by atoms with Gasteiger partial charge in [-0.1, -0.05) is 206 Å². The molecule has 0 atom stereocenters. The smallest absolute Gasteiger partial charge is 0.164 e. The first kappa shape index (κ1) is 38.5. The zero-order valence-electron chi connectivity index (χ0n) is 36.4. The first-order valence-electron chi connectivity index (χ1n) is 22.8. The van der Waals surface area contributed by atoms with Gasteiger partial charge in [-0.05, 0) is 102 Å². The SMILES string of the molecule is c1ccc(-c2ccccc2-c2nc(-c3ccc(-c4c5ccccc5cc5c4ccc4ccccc45)cc3)nc(-c3cccc(-c4ccc5c6ccccc6n(-c6ccccc6)c5c4)c3)n2)cc1. The van der Waals surface area contributed by atoms with Crippen LogP contribution in [0.1, 0.15) is 0 Å². The molecular weight excluding hydrogens is 813 g/mol. The number of aromatic nitrogens is 4. The predicted molar refractivity (Wildman–Crippen MR) is 279 cm³/mol. The monoisotopic (exact) mass is 852 g/mol. The maximum absolute atomic E-state index is 5.28. The summed E-state index contributed by atoms with van der Waals surface area (Å²) in [6.07, 6.45) is 0. The van der Waals surface area contributed by atoms with E-state index in [1.54, 1.807) is 0 Å². The fourth-order valence-electron chi connectivity index (χ4n) is 10.1. The van der Waals surface area contributed by atoms with Gasteiger partial charge in [0, 0.05) is 33.2 Å². The summed E-state index contributed by atoms with van der Waals surface area (Å²) in [6, 6.07) is 86.5. The Hall–Kier alpha value is -8.99. The summed E-state index contributed by atoms with van der Waals surface area (Å²) < 4.78 is 2.36. The van der Waals surface area contributed by atoms with E-state index in [4.69, 9.17) is 15.0 Å². The molecule has 0 unspecified atom stereocenters. The Morgan fingerprint density at radius 1 is 0.254 bits per heavy atom. The van der Waals surface area contributed by atoms with Crippen LogP contribution in [0.25, 0.3) is 127 Å². The van der Waals surface area contributed by atoms with E-state index in [1.165, 1.54) is 54.2 Å². The molecule has 0 N–H and O–H groups in total. The Morgan fingerprint density at radius 3 is 1.63 bits per heavy atom. The number of para-hydroxylation sites is 2. The Bertz CT molecular complexity index is 4020. The average molecular weight is 853 g/mol. The number of nitrogens with zero attached hydrogens (tertiary/aromatic N) is 4. The van der Waals surface area contributed by atoms with Gasteiger partial charge in [-0.3, -0.25) is 0 Å². The summed E-state index contributed by atoms with van der Waals surface area (Å²) in [5.41, 5.74) is 13.0. The van der Waals surface area contributed by atoms with Crippen LogP contribution in [0.15, 0.2) is 243 Å². The van der Waals surface area contributed by atoms with Gasteiger partial charge in [0.25, 0.3) is 0 Å². The van der Waals surface area contributed by atoms with Gasteiger partial charge < -0.3 is 4.57 Å². The molecule has 0 saturated heterocycles. The Balaban J connectivity index is 0.961. The van der Waals surface area contributed by atoms with Gasteiger partial charge >= 0.3 is 0 Å². The van der Waals surface area contributed by atoms with Gasteiger partial charge in [-0.2, -0.15) is 0 Å². The van der Waals surface area contributed by atoms with Crippen LogP contribution in [-0.4, -0.2) is 19.5 Å². The van der Waals surface area contributed by atoms with Gasteiger partial charge in [0.15, 0.2) is 17.5 Å². The van der Waals surface area contributed by atoms with Crippen LogP contribution >= 0.6 is 0 Å². The standard InChI is InChI=1S/C63H40N4/c1-3-16-41(17-4-1)50-24-11-12-28-56(50)63-65-61(44-32-30-43(31-33-44)60-52-26-10-8-19-47(52)39-57-51-25-9-7-18-42(51)34-37-55(57)60)64-62(66-63)48-21-15-20-45(38-48)46-35-36-54-53-27-13-14-29-58(53)67(59(54)40-46)49-22-5-2-6-23-49/h1-40H. The zero-order chi connectivity index (χ0) is 44.3. The number of fused-ring (bicyclic) bond motifs is 7. The van der Waals surface area contributed by atoms with Crippen LogP contribution < -0.4 is 0 Å². The summed E-state index contributed by atoms with van der Waals surface area (Å²) in [5.74, 6) is 1.84. The third-order valence-corrected chi connectivity index (χ3v) is 13.2. The van der Waals surface area contributed by atoms with E-state index in [2.05, 4.69) is 241 Å². The van der Waals surface area contributed by atoms with Gasteiger partial charge in [0.1, 0.15) is 0 Å². The molecule has 0 spiro atoms. The second-order valence-corrected chi connectivity index (χ2v) is 17.2. The molecule has 4 heteroatoms. The van der Waals surface area contributed by atoms with Crippen LogP contribution in [0, 0.1) is 0 Å². The van der Waals surface area contributed by atoms with Crippen molar-refractivity contribution in [2.45, 2.75) is 0 Å². The van der Waals surface area contributed by atoms with Crippen molar-refractivity contribution in [1.29, 1.82) is 0 Å². The Labute approximate surface area is 387 Å². The normalized spacial score (nSPS) is 11.6. The highest BCUT2D eigenvalue weighted by atomic mass is 15.0. The van der Waals surface area contributed by atoms with Crippen LogP contribution in [0.5, 0.6) is 0 Å². The van der Waals surface area contributed by atoms with E-state index < -0.39 is 0 Å². The van der Waals surface area contributed by atoms with Crippen molar-refractivity contribution in [3.8, 4) is 73.2 Å². The second-order valence-electron chi connectivity index (χ2n) is 17.2. The van der Waals surface area contributed by atoms with Crippen molar-refractivity contribution in [2.75, 3.05) is 0 Å². The van der Waals surface area contributed by atoms with E-state index in [1.807, 2.05) is 6.07 Å². The molecule has 0 aliphatic heterocycles. The van der Waals surface area contributed by atoms with Crippen molar-refractivity contribution in [1.82, 2.24) is 19.5 Å². The molecule has 13 rings (SSSR count). The topological polar surface area (TPSA) is 43.6 Å². The molecule has 0 saturated carbocycles. The van der Waals surface area contributed by atoms with Crippen molar-refractivity contribution in [3.63, 3.8) is 0 Å². The van der Waals surface area contributed by atoms with Crippen molar-refractivity contribution in [3.05, 3.63) is 243 Å². The van der Waals surface area contributed by atoms with Gasteiger partial charge in [0.05, 0.1) is 11.0 Å². The van der Waals surface area contributed by atoms with Gasteiger partial charge in [-0.15, -0.1) is 0 Å². The van der Waals surface area contributed by atoms with E-state index in [0.717, 1.165) is 55.7 Å². The molecule has 0 aliphatic rings. The summed E-state index contributed by atoms with van der Waals surface area (Å²) in [7, 11) is 0. The third kappa shape index (κ3) is 6.65. The molecule has 0 amide bonds. The summed E-state index contributed by atoms with van der Waals surface area (Å²) in [6.45, 7) is 0. The average Bonchev–Trinajstić information content (AvgIpc) is 3.74. The van der Waals surface area contributed by atoms with Crippen molar-refractivity contribution >= 4 is 54.1 Å². The molecule has 0 aliphatic carbocycles. The first-order valence-corrected chi connectivity index (χ1v) is 22.8. The molecule has 312 valence electrons. The van der Waals surface area contributed by atoms with E-state index in [-0.39, 0.29) is 0 Å². The number of hydrogen-bond acceptors (Lipinski definition) is 3. The summed E-state index contributed by atoms with van der Waals surface area (Å²) in [4.78, 5) is 15.8. The fraction of sp³-hybridized carbons (Fsp3) is 0. The van der Waals surface area contributed by atoms with Gasteiger partial charge in [-0.25, -0.2) is 15.0 Å². The lowest BCUT2D eigenvalue weighted by molar-refractivity contribution is 1.07. The molecule has 2 heterocycles. The lowest BCUT2D eigenvalue weighted by atomic mass is 9.89. The molecule has 11 aromatic carbocycles. The van der Waals surface area contributed by atoms with Crippen LogP contribution in [-0.2, 0) is 0 Å². The van der Waals surface area contributed by atoms with E-state index in [9.17, 15) is 0 Å². The highest BCUT2D eigenvalue weighted by molar-refractivity contribution is 6.20. The van der Waals surface area contributed by atoms with E-state index >= 15 is 0 Å². The number of rotatable bonds is 7. The highest BCUT2D eigenvalue weighted by Gasteiger charge is 2.19. The minimum absolute atomic E-state index is 0.611. The lowest BCUT2D eigenvalue weighted by Crippen LogP contribution is -2.01. The molecule has 67 heavy (non-hydrogen) atoms. The molecule has 0 radical (unpaired) electrons. The molecule has 0 fully saturated rings. The maximum Gasteiger partial charge on any atom is 0.164 e. The molecule has 13 aromatic rings. The van der Waals surface area contributed by atoms with Crippen molar-refractivity contribution < 1.29 is 0 Å².